The first-order chi connectivity index (χ1) is 9.15. The van der Waals surface area contributed by atoms with Gasteiger partial charge in [0, 0.05) is 6.04 Å². The van der Waals surface area contributed by atoms with Gasteiger partial charge in [0.25, 0.3) is 0 Å². The number of nitrogens with zero attached hydrogens (tertiary/aromatic N) is 1. The Morgan fingerprint density at radius 2 is 2.05 bits per heavy atom. The third-order valence-electron chi connectivity index (χ3n) is 3.61. The van der Waals surface area contributed by atoms with Gasteiger partial charge in [-0.05, 0) is 57.6 Å². The molecule has 1 fully saturated rings. The molecule has 0 aromatic carbocycles. The van der Waals surface area contributed by atoms with Crippen molar-refractivity contribution in [3.63, 3.8) is 0 Å². The smallest absolute Gasteiger partial charge is 0.239 e. The van der Waals surface area contributed by atoms with E-state index in [1.54, 1.807) is 0 Å². The predicted octanol–water partition coefficient (Wildman–Crippen LogP) is 3.83. The molecule has 4 nitrogen and oxygen atoms in total. The second-order valence-electron chi connectivity index (χ2n) is 7.55. The summed E-state index contributed by atoms with van der Waals surface area (Å²) >= 11 is 0. The molecule has 1 saturated carbocycles. The van der Waals surface area contributed by atoms with Crippen molar-refractivity contribution in [2.75, 3.05) is 11.1 Å². The first kappa shape index (κ1) is 14.9. The molecule has 1 aromatic rings. The molecule has 4 heteroatoms. The van der Waals surface area contributed by atoms with Crippen LogP contribution in [0.3, 0.4) is 0 Å². The van der Waals surface area contributed by atoms with Crippen LogP contribution in [0, 0.1) is 5.41 Å². The molecular weight excluding hydrogens is 250 g/mol. The van der Waals surface area contributed by atoms with Crippen LogP contribution in [-0.4, -0.2) is 16.6 Å². The van der Waals surface area contributed by atoms with Gasteiger partial charge in [0.1, 0.15) is 11.4 Å². The summed E-state index contributed by atoms with van der Waals surface area (Å²) in [6.07, 6.45) is 3.62. The summed E-state index contributed by atoms with van der Waals surface area (Å²) in [5.41, 5.74) is 6.64. The average molecular weight is 277 g/mol. The minimum Gasteiger partial charge on any atom is -0.470 e. The second kappa shape index (κ2) is 5.15. The number of pyridine rings is 1. The molecule has 1 heterocycles. The van der Waals surface area contributed by atoms with Gasteiger partial charge in [0.15, 0.2) is 0 Å². The minimum absolute atomic E-state index is 0.297. The number of anilines is 2. The van der Waals surface area contributed by atoms with E-state index in [4.69, 9.17) is 10.5 Å². The van der Waals surface area contributed by atoms with E-state index in [-0.39, 0.29) is 5.60 Å². The molecule has 0 amide bonds. The van der Waals surface area contributed by atoms with Crippen LogP contribution in [0.2, 0.25) is 0 Å². The largest absolute Gasteiger partial charge is 0.470 e. The molecule has 0 aliphatic heterocycles. The fraction of sp³-hybridized carbons (Fsp3) is 0.688. The zero-order valence-corrected chi connectivity index (χ0v) is 13.3. The van der Waals surface area contributed by atoms with Crippen LogP contribution >= 0.6 is 0 Å². The van der Waals surface area contributed by atoms with E-state index in [1.165, 1.54) is 19.3 Å². The minimum atomic E-state index is -0.297. The van der Waals surface area contributed by atoms with Crippen LogP contribution in [0.15, 0.2) is 12.1 Å². The normalized spacial score (nSPS) is 21.8. The van der Waals surface area contributed by atoms with Crippen molar-refractivity contribution >= 4 is 11.5 Å². The Balaban J connectivity index is 2.08. The maximum Gasteiger partial charge on any atom is 0.239 e. The van der Waals surface area contributed by atoms with Gasteiger partial charge in [-0.3, -0.25) is 0 Å². The standard InChI is InChI=1S/C16H27N3O/c1-15(2,3)20-14-12(17)6-7-13(19-14)18-11-8-9-16(4,5)10-11/h6-7,11H,8-10,17H2,1-5H3,(H,18,19). The van der Waals surface area contributed by atoms with Gasteiger partial charge < -0.3 is 15.8 Å². The molecule has 0 spiro atoms. The lowest BCUT2D eigenvalue weighted by Crippen LogP contribution is -2.25. The number of aromatic nitrogens is 1. The quantitative estimate of drug-likeness (QED) is 0.881. The van der Waals surface area contributed by atoms with Gasteiger partial charge in [-0.1, -0.05) is 13.8 Å². The van der Waals surface area contributed by atoms with Gasteiger partial charge in [0.05, 0.1) is 5.69 Å². The first-order valence-electron chi connectivity index (χ1n) is 7.37. The van der Waals surface area contributed by atoms with Crippen LogP contribution in [0.4, 0.5) is 11.5 Å². The van der Waals surface area contributed by atoms with Crippen molar-refractivity contribution in [1.29, 1.82) is 0 Å². The monoisotopic (exact) mass is 277 g/mol. The predicted molar refractivity (Wildman–Crippen MR) is 84.1 cm³/mol. The molecule has 112 valence electrons. The van der Waals surface area contributed by atoms with E-state index in [2.05, 4.69) is 24.1 Å². The van der Waals surface area contributed by atoms with Gasteiger partial charge >= 0.3 is 0 Å². The molecule has 1 aliphatic rings. The first-order valence-corrected chi connectivity index (χ1v) is 7.37. The van der Waals surface area contributed by atoms with Crippen molar-refractivity contribution in [2.45, 2.75) is 65.5 Å². The van der Waals surface area contributed by atoms with Crippen LogP contribution < -0.4 is 15.8 Å². The Morgan fingerprint density at radius 3 is 2.60 bits per heavy atom. The van der Waals surface area contributed by atoms with E-state index in [9.17, 15) is 0 Å². The molecular formula is C16H27N3O. The highest BCUT2D eigenvalue weighted by atomic mass is 16.5. The molecule has 0 bridgehead atoms. The Hall–Kier alpha value is -1.45. The maximum absolute atomic E-state index is 5.93. The zero-order valence-electron chi connectivity index (χ0n) is 13.3. The third kappa shape index (κ3) is 4.02. The molecule has 20 heavy (non-hydrogen) atoms. The summed E-state index contributed by atoms with van der Waals surface area (Å²) in [6, 6.07) is 4.27. The van der Waals surface area contributed by atoms with Crippen molar-refractivity contribution in [3.05, 3.63) is 12.1 Å². The molecule has 1 aromatic heterocycles. The van der Waals surface area contributed by atoms with Crippen molar-refractivity contribution in [2.24, 2.45) is 5.41 Å². The van der Waals surface area contributed by atoms with Gasteiger partial charge in [-0.25, -0.2) is 0 Å². The van der Waals surface area contributed by atoms with Crippen LogP contribution in [-0.2, 0) is 0 Å². The number of nitrogens with one attached hydrogen (secondary N) is 1. The van der Waals surface area contributed by atoms with Crippen LogP contribution in [0.5, 0.6) is 5.88 Å². The Bertz CT molecular complexity index is 477. The lowest BCUT2D eigenvalue weighted by Gasteiger charge is -2.22. The molecule has 1 aliphatic carbocycles. The van der Waals surface area contributed by atoms with E-state index >= 15 is 0 Å². The molecule has 3 N–H and O–H groups in total. The number of ether oxygens (including phenoxy) is 1. The number of hydrogen-bond acceptors (Lipinski definition) is 4. The highest BCUT2D eigenvalue weighted by molar-refractivity contribution is 5.54. The summed E-state index contributed by atoms with van der Waals surface area (Å²) in [6.45, 7) is 10.6. The molecule has 2 rings (SSSR count). The molecule has 1 unspecified atom stereocenters. The molecule has 0 radical (unpaired) electrons. The lowest BCUT2D eigenvalue weighted by molar-refractivity contribution is 0.125. The average Bonchev–Trinajstić information content (AvgIpc) is 2.61. The summed E-state index contributed by atoms with van der Waals surface area (Å²) in [4.78, 5) is 4.51. The number of nitrogen functional groups attached to an aromatic ring is 1. The summed E-state index contributed by atoms with van der Waals surface area (Å²) < 4.78 is 5.80. The highest BCUT2D eigenvalue weighted by Gasteiger charge is 2.31. The number of hydrogen-bond donors (Lipinski definition) is 2. The van der Waals surface area contributed by atoms with Gasteiger partial charge in [-0.2, -0.15) is 4.98 Å². The van der Waals surface area contributed by atoms with E-state index < -0.39 is 0 Å². The Labute approximate surface area is 122 Å². The SMILES string of the molecule is CC1(C)CCC(Nc2ccc(N)c(OC(C)(C)C)n2)C1. The maximum atomic E-state index is 5.93. The van der Waals surface area contributed by atoms with Crippen molar-refractivity contribution in [1.82, 2.24) is 4.98 Å². The lowest BCUT2D eigenvalue weighted by atomic mass is 9.92. The van der Waals surface area contributed by atoms with Crippen LogP contribution in [0.25, 0.3) is 0 Å². The second-order valence-corrected chi connectivity index (χ2v) is 7.55. The van der Waals surface area contributed by atoms with Crippen molar-refractivity contribution < 1.29 is 4.74 Å². The van der Waals surface area contributed by atoms with E-state index in [1.807, 2.05) is 32.9 Å². The Kier molecular flexibility index (Phi) is 3.85. The molecule has 0 saturated heterocycles. The fourth-order valence-electron chi connectivity index (χ4n) is 2.67. The number of nitrogens with two attached hydrogens (primary N) is 1. The fourth-order valence-corrected chi connectivity index (χ4v) is 2.67. The number of rotatable bonds is 3. The van der Waals surface area contributed by atoms with Crippen LogP contribution in [0.1, 0.15) is 53.9 Å². The van der Waals surface area contributed by atoms with E-state index in [0.717, 1.165) is 5.82 Å². The summed E-state index contributed by atoms with van der Waals surface area (Å²) in [7, 11) is 0. The zero-order chi connectivity index (χ0) is 15.0. The van der Waals surface area contributed by atoms with Gasteiger partial charge in [-0.15, -0.1) is 0 Å². The third-order valence-corrected chi connectivity index (χ3v) is 3.61. The summed E-state index contributed by atoms with van der Waals surface area (Å²) in [5.74, 6) is 1.36. The van der Waals surface area contributed by atoms with Gasteiger partial charge in [0.2, 0.25) is 5.88 Å². The van der Waals surface area contributed by atoms with Crippen molar-refractivity contribution in [3.8, 4) is 5.88 Å². The molecule has 1 atom stereocenters. The highest BCUT2D eigenvalue weighted by Crippen LogP contribution is 2.38. The Morgan fingerprint density at radius 1 is 1.35 bits per heavy atom. The summed E-state index contributed by atoms with van der Waals surface area (Å²) in [5, 5.41) is 3.50. The van der Waals surface area contributed by atoms with E-state index in [0.29, 0.717) is 23.0 Å². The topological polar surface area (TPSA) is 60.2 Å².